The lowest BCUT2D eigenvalue weighted by atomic mass is 10.1. The zero-order chi connectivity index (χ0) is 22.4. The second-order valence-electron chi connectivity index (χ2n) is 7.07. The Hall–Kier alpha value is -3.04. The van der Waals surface area contributed by atoms with Crippen molar-refractivity contribution in [2.45, 2.75) is 19.9 Å². The van der Waals surface area contributed by atoms with Crippen LogP contribution in [0.4, 0.5) is 0 Å². The van der Waals surface area contributed by atoms with Crippen LogP contribution in [0.2, 0.25) is 0 Å². The maximum Gasteiger partial charge on any atom is 0.325 e. The number of aromatic nitrogens is 2. The van der Waals surface area contributed by atoms with E-state index >= 15 is 0 Å². The van der Waals surface area contributed by atoms with Crippen LogP contribution in [0.3, 0.4) is 0 Å². The largest absolute Gasteiger partial charge is 0.468 e. The fourth-order valence-corrected chi connectivity index (χ4v) is 4.07. The van der Waals surface area contributed by atoms with Gasteiger partial charge in [0, 0.05) is 37.6 Å². The van der Waals surface area contributed by atoms with Gasteiger partial charge in [0.25, 0.3) is 5.56 Å². The van der Waals surface area contributed by atoms with Crippen molar-refractivity contribution in [1.82, 2.24) is 14.5 Å². The van der Waals surface area contributed by atoms with Gasteiger partial charge in [-0.15, -0.1) is 11.3 Å². The van der Waals surface area contributed by atoms with E-state index in [4.69, 9.17) is 4.74 Å². The second kappa shape index (κ2) is 10.3. The van der Waals surface area contributed by atoms with Crippen LogP contribution < -0.4 is 5.56 Å². The quantitative estimate of drug-likeness (QED) is 0.472. The summed E-state index contributed by atoms with van der Waals surface area (Å²) < 4.78 is 11.1. The number of amides is 1. The Labute approximate surface area is 184 Å². The maximum absolute atomic E-state index is 13.1. The number of carbonyl (C=O) groups is 2. The number of methoxy groups -OCH3 is 2. The summed E-state index contributed by atoms with van der Waals surface area (Å²) in [6.07, 6.45) is 1.52. The Kier molecular flexibility index (Phi) is 7.54. The van der Waals surface area contributed by atoms with Crippen molar-refractivity contribution in [2.75, 3.05) is 33.9 Å². The van der Waals surface area contributed by atoms with Crippen LogP contribution in [-0.2, 0) is 25.6 Å². The highest BCUT2D eigenvalue weighted by Crippen LogP contribution is 2.30. The third-order valence-corrected chi connectivity index (χ3v) is 5.84. The molecule has 2 heterocycles. The molecule has 1 aromatic carbocycles. The molecule has 0 bridgehead atoms. The van der Waals surface area contributed by atoms with Crippen molar-refractivity contribution in [2.24, 2.45) is 0 Å². The lowest BCUT2D eigenvalue weighted by molar-refractivity contribution is -0.147. The molecule has 0 aliphatic carbocycles. The van der Waals surface area contributed by atoms with E-state index in [1.807, 2.05) is 36.6 Å². The molecule has 0 aliphatic heterocycles. The number of ether oxygens (including phenoxy) is 2. The zero-order valence-corrected chi connectivity index (χ0v) is 18.6. The van der Waals surface area contributed by atoms with E-state index < -0.39 is 5.97 Å². The Morgan fingerprint density at radius 3 is 2.61 bits per heavy atom. The van der Waals surface area contributed by atoms with Crippen LogP contribution in [0.25, 0.3) is 21.3 Å². The van der Waals surface area contributed by atoms with Crippen LogP contribution >= 0.6 is 11.3 Å². The highest BCUT2D eigenvalue weighted by atomic mass is 32.1. The summed E-state index contributed by atoms with van der Waals surface area (Å²) in [7, 11) is 2.79. The van der Waals surface area contributed by atoms with Crippen molar-refractivity contribution >= 4 is 33.4 Å². The molecule has 0 radical (unpaired) electrons. The van der Waals surface area contributed by atoms with Gasteiger partial charge < -0.3 is 14.4 Å². The Balaban J connectivity index is 1.81. The third-order valence-electron chi connectivity index (χ3n) is 4.96. The van der Waals surface area contributed by atoms with Gasteiger partial charge in [0.1, 0.15) is 11.4 Å². The molecule has 0 atom stereocenters. The van der Waals surface area contributed by atoms with Gasteiger partial charge in [-0.3, -0.25) is 19.0 Å². The first kappa shape index (κ1) is 22.6. The molecule has 0 saturated heterocycles. The second-order valence-corrected chi connectivity index (χ2v) is 7.93. The maximum atomic E-state index is 13.1. The van der Waals surface area contributed by atoms with Crippen LogP contribution in [0.1, 0.15) is 12.0 Å². The minimum atomic E-state index is -0.509. The van der Waals surface area contributed by atoms with E-state index in [0.717, 1.165) is 16.7 Å². The summed E-state index contributed by atoms with van der Waals surface area (Å²) in [5.74, 6) is -0.774. The van der Waals surface area contributed by atoms with E-state index in [9.17, 15) is 14.4 Å². The highest BCUT2D eigenvalue weighted by Gasteiger charge is 2.18. The Bertz CT molecular complexity index is 1120. The average molecular weight is 444 g/mol. The normalized spacial score (nSPS) is 10.9. The molecule has 9 heteroatoms. The molecule has 0 aliphatic rings. The van der Waals surface area contributed by atoms with Gasteiger partial charge in [0.15, 0.2) is 0 Å². The predicted octanol–water partition coefficient (Wildman–Crippen LogP) is 2.47. The molecular weight excluding hydrogens is 418 g/mol. The molecular formula is C22H25N3O5S. The van der Waals surface area contributed by atoms with E-state index in [0.29, 0.717) is 16.8 Å². The van der Waals surface area contributed by atoms with Crippen LogP contribution in [-0.4, -0.2) is 60.2 Å². The van der Waals surface area contributed by atoms with E-state index in [1.165, 1.54) is 41.4 Å². The van der Waals surface area contributed by atoms with E-state index in [1.54, 1.807) is 0 Å². The van der Waals surface area contributed by atoms with Crippen LogP contribution in [0, 0.1) is 6.92 Å². The molecule has 0 N–H and O–H groups in total. The first-order valence-corrected chi connectivity index (χ1v) is 10.7. The van der Waals surface area contributed by atoms with Crippen LogP contribution in [0.5, 0.6) is 0 Å². The number of hydrogen-bond donors (Lipinski definition) is 0. The fourth-order valence-electron chi connectivity index (χ4n) is 3.16. The van der Waals surface area contributed by atoms with Gasteiger partial charge in [-0.2, -0.15) is 0 Å². The number of nitrogens with zero attached hydrogens (tertiary/aromatic N) is 3. The van der Waals surface area contributed by atoms with Crippen molar-refractivity contribution in [3.63, 3.8) is 0 Å². The number of hydrogen-bond acceptors (Lipinski definition) is 7. The fraction of sp³-hybridized carbons (Fsp3) is 0.364. The molecule has 0 saturated carbocycles. The summed E-state index contributed by atoms with van der Waals surface area (Å²) in [6.45, 7) is 2.57. The summed E-state index contributed by atoms with van der Waals surface area (Å²) in [5, 5.41) is 2.48. The number of carbonyl (C=O) groups excluding carboxylic acids is 2. The number of fused-ring (bicyclic) bond motifs is 1. The van der Waals surface area contributed by atoms with Crippen molar-refractivity contribution in [1.29, 1.82) is 0 Å². The van der Waals surface area contributed by atoms with E-state index in [2.05, 4.69) is 9.72 Å². The smallest absolute Gasteiger partial charge is 0.325 e. The number of thiophene rings is 1. The van der Waals surface area contributed by atoms with Gasteiger partial charge in [0.05, 0.1) is 25.4 Å². The van der Waals surface area contributed by atoms with Gasteiger partial charge in [-0.05, 0) is 12.5 Å². The summed E-state index contributed by atoms with van der Waals surface area (Å²) >= 11 is 1.42. The highest BCUT2D eigenvalue weighted by molar-refractivity contribution is 7.17. The summed E-state index contributed by atoms with van der Waals surface area (Å²) in [5.41, 5.74) is 2.74. The third kappa shape index (κ3) is 5.36. The van der Waals surface area contributed by atoms with Gasteiger partial charge >= 0.3 is 5.97 Å². The first-order valence-electron chi connectivity index (χ1n) is 9.81. The summed E-state index contributed by atoms with van der Waals surface area (Å²) in [4.78, 5) is 43.8. The molecule has 0 fully saturated rings. The Morgan fingerprint density at radius 1 is 1.19 bits per heavy atom. The van der Waals surface area contributed by atoms with Gasteiger partial charge in [-0.1, -0.05) is 29.8 Å². The van der Waals surface area contributed by atoms with Crippen molar-refractivity contribution in [3.8, 4) is 11.1 Å². The van der Waals surface area contributed by atoms with Crippen molar-refractivity contribution in [3.05, 3.63) is 51.9 Å². The van der Waals surface area contributed by atoms with Gasteiger partial charge in [-0.25, -0.2) is 4.98 Å². The Morgan fingerprint density at radius 2 is 1.94 bits per heavy atom. The average Bonchev–Trinajstić information content (AvgIpc) is 3.21. The zero-order valence-electron chi connectivity index (χ0n) is 17.8. The molecule has 164 valence electrons. The topological polar surface area (TPSA) is 90.7 Å². The number of rotatable bonds is 9. The monoisotopic (exact) mass is 443 g/mol. The number of aryl methyl sites for hydroxylation is 2. The van der Waals surface area contributed by atoms with Crippen molar-refractivity contribution < 1.29 is 19.1 Å². The summed E-state index contributed by atoms with van der Waals surface area (Å²) in [6, 6.07) is 7.97. The lowest BCUT2D eigenvalue weighted by Crippen LogP contribution is -2.39. The molecule has 3 aromatic rings. The first-order chi connectivity index (χ1) is 14.9. The predicted molar refractivity (Wildman–Crippen MR) is 119 cm³/mol. The molecule has 31 heavy (non-hydrogen) atoms. The standard InChI is InChI=1S/C22H25N3O5S/c1-15-4-6-16(7-5-15)17-13-31-21-20(17)22(28)25(14-23-21)9-8-18(26)24(10-11-29-2)12-19(27)30-3/h4-7,13-14H,8-12H2,1-3H3. The van der Waals surface area contributed by atoms with Gasteiger partial charge in [0.2, 0.25) is 5.91 Å². The SMILES string of the molecule is COCCN(CC(=O)OC)C(=O)CCn1cnc2scc(-c3ccc(C)cc3)c2c1=O. The minimum absolute atomic E-state index is 0.0534. The van der Waals surface area contributed by atoms with E-state index in [-0.39, 0.29) is 37.5 Å². The lowest BCUT2D eigenvalue weighted by Gasteiger charge is -2.21. The molecule has 0 unspecified atom stereocenters. The number of esters is 1. The molecule has 1 amide bonds. The molecule has 2 aromatic heterocycles. The minimum Gasteiger partial charge on any atom is -0.468 e. The molecule has 3 rings (SSSR count). The number of benzene rings is 1. The molecule has 8 nitrogen and oxygen atoms in total. The molecule has 0 spiro atoms. The van der Waals surface area contributed by atoms with Crippen LogP contribution in [0.15, 0.2) is 40.8 Å².